The highest BCUT2D eigenvalue weighted by Gasteiger charge is 2.29. The van der Waals surface area contributed by atoms with E-state index in [1.54, 1.807) is 0 Å². The fourth-order valence-corrected chi connectivity index (χ4v) is 2.19. The molecule has 15 heavy (non-hydrogen) atoms. The molecule has 0 aliphatic carbocycles. The van der Waals surface area contributed by atoms with Crippen molar-refractivity contribution < 1.29 is 5.11 Å². The van der Waals surface area contributed by atoms with Gasteiger partial charge in [-0.1, -0.05) is 26.7 Å². The van der Waals surface area contributed by atoms with Crippen molar-refractivity contribution in [2.45, 2.75) is 51.7 Å². The highest BCUT2D eigenvalue weighted by atomic mass is 16.3. The predicted molar refractivity (Wildman–Crippen MR) is 64.1 cm³/mol. The monoisotopic (exact) mass is 214 g/mol. The van der Waals surface area contributed by atoms with Gasteiger partial charge >= 0.3 is 0 Å². The summed E-state index contributed by atoms with van der Waals surface area (Å²) in [7, 11) is 0. The first kappa shape index (κ1) is 12.9. The second-order valence-corrected chi connectivity index (χ2v) is 4.54. The van der Waals surface area contributed by atoms with E-state index >= 15 is 0 Å². The Balaban J connectivity index is 2.38. The summed E-state index contributed by atoms with van der Waals surface area (Å²) in [6.07, 6.45) is 4.79. The molecule has 0 aromatic carbocycles. The SMILES string of the molecule is CCCCN(CCCC)C1CNCC1O. The van der Waals surface area contributed by atoms with E-state index in [1.165, 1.54) is 25.7 Å². The molecule has 1 fully saturated rings. The van der Waals surface area contributed by atoms with Crippen LogP contribution in [0.3, 0.4) is 0 Å². The van der Waals surface area contributed by atoms with Gasteiger partial charge in [0.2, 0.25) is 0 Å². The van der Waals surface area contributed by atoms with Crippen molar-refractivity contribution in [3.05, 3.63) is 0 Å². The smallest absolute Gasteiger partial charge is 0.0831 e. The Hall–Kier alpha value is -0.120. The zero-order valence-corrected chi connectivity index (χ0v) is 10.2. The van der Waals surface area contributed by atoms with Gasteiger partial charge in [0, 0.05) is 19.1 Å². The minimum absolute atomic E-state index is 0.168. The van der Waals surface area contributed by atoms with Crippen molar-refractivity contribution in [3.8, 4) is 0 Å². The summed E-state index contributed by atoms with van der Waals surface area (Å²) in [6.45, 7) is 8.44. The van der Waals surface area contributed by atoms with E-state index in [-0.39, 0.29) is 6.10 Å². The van der Waals surface area contributed by atoms with Crippen LogP contribution in [0, 0.1) is 0 Å². The normalized spacial score (nSPS) is 26.4. The third kappa shape index (κ3) is 4.09. The van der Waals surface area contributed by atoms with Crippen molar-refractivity contribution in [1.29, 1.82) is 0 Å². The third-order valence-electron chi connectivity index (χ3n) is 3.22. The van der Waals surface area contributed by atoms with Crippen LogP contribution in [-0.2, 0) is 0 Å². The highest BCUT2D eigenvalue weighted by Crippen LogP contribution is 2.11. The maximum Gasteiger partial charge on any atom is 0.0831 e. The molecule has 2 atom stereocenters. The van der Waals surface area contributed by atoms with Crippen molar-refractivity contribution in [2.75, 3.05) is 26.2 Å². The molecule has 0 aromatic rings. The fourth-order valence-electron chi connectivity index (χ4n) is 2.19. The van der Waals surface area contributed by atoms with Gasteiger partial charge in [0.15, 0.2) is 0 Å². The number of hydrogen-bond donors (Lipinski definition) is 2. The van der Waals surface area contributed by atoms with Crippen LogP contribution >= 0.6 is 0 Å². The molecule has 0 bridgehead atoms. The van der Waals surface area contributed by atoms with Gasteiger partial charge in [-0.15, -0.1) is 0 Å². The lowest BCUT2D eigenvalue weighted by Crippen LogP contribution is -2.44. The van der Waals surface area contributed by atoms with Crippen molar-refractivity contribution in [3.63, 3.8) is 0 Å². The minimum Gasteiger partial charge on any atom is -0.390 e. The fraction of sp³-hybridized carbons (Fsp3) is 1.00. The molecule has 0 amide bonds. The van der Waals surface area contributed by atoms with Crippen LogP contribution in [0.2, 0.25) is 0 Å². The summed E-state index contributed by atoms with van der Waals surface area (Å²) >= 11 is 0. The van der Waals surface area contributed by atoms with Crippen LogP contribution in [-0.4, -0.2) is 48.3 Å². The summed E-state index contributed by atoms with van der Waals surface area (Å²) in [4.78, 5) is 2.47. The Kier molecular flexibility index (Phi) is 6.22. The number of aliphatic hydroxyl groups excluding tert-OH is 1. The number of nitrogens with one attached hydrogen (secondary N) is 1. The predicted octanol–water partition coefficient (Wildman–Crippen LogP) is 1.22. The Morgan fingerprint density at radius 3 is 2.13 bits per heavy atom. The second-order valence-electron chi connectivity index (χ2n) is 4.54. The lowest BCUT2D eigenvalue weighted by molar-refractivity contribution is 0.0809. The maximum atomic E-state index is 9.85. The van der Waals surface area contributed by atoms with Crippen molar-refractivity contribution >= 4 is 0 Å². The molecule has 90 valence electrons. The molecular formula is C12H26N2O. The Morgan fingerprint density at radius 1 is 1.13 bits per heavy atom. The topological polar surface area (TPSA) is 35.5 Å². The lowest BCUT2D eigenvalue weighted by atomic mass is 10.1. The minimum atomic E-state index is -0.168. The van der Waals surface area contributed by atoms with Gasteiger partial charge in [-0.05, 0) is 25.9 Å². The summed E-state index contributed by atoms with van der Waals surface area (Å²) in [5.41, 5.74) is 0. The van der Waals surface area contributed by atoms with Gasteiger partial charge in [-0.2, -0.15) is 0 Å². The van der Waals surface area contributed by atoms with E-state index in [2.05, 4.69) is 24.1 Å². The zero-order chi connectivity index (χ0) is 11.1. The zero-order valence-electron chi connectivity index (χ0n) is 10.2. The highest BCUT2D eigenvalue weighted by molar-refractivity contribution is 4.88. The number of hydrogen-bond acceptors (Lipinski definition) is 3. The summed E-state index contributed by atoms with van der Waals surface area (Å²) in [5.74, 6) is 0. The first-order valence-electron chi connectivity index (χ1n) is 6.42. The molecule has 1 aliphatic heterocycles. The van der Waals surface area contributed by atoms with Crippen LogP contribution in [0.4, 0.5) is 0 Å². The van der Waals surface area contributed by atoms with Gasteiger partial charge in [0.25, 0.3) is 0 Å². The molecule has 2 unspecified atom stereocenters. The molecule has 1 heterocycles. The molecule has 3 nitrogen and oxygen atoms in total. The van der Waals surface area contributed by atoms with Crippen molar-refractivity contribution in [1.82, 2.24) is 10.2 Å². The maximum absolute atomic E-state index is 9.85. The molecule has 1 aliphatic rings. The Morgan fingerprint density at radius 2 is 1.73 bits per heavy atom. The number of rotatable bonds is 7. The van der Waals surface area contributed by atoms with Gasteiger partial charge in [-0.3, -0.25) is 4.90 Å². The van der Waals surface area contributed by atoms with E-state index in [0.29, 0.717) is 6.04 Å². The van der Waals surface area contributed by atoms with E-state index in [9.17, 15) is 5.11 Å². The number of aliphatic hydroxyl groups is 1. The second kappa shape index (κ2) is 7.20. The molecule has 1 saturated heterocycles. The molecule has 0 radical (unpaired) electrons. The number of unbranched alkanes of at least 4 members (excludes halogenated alkanes) is 2. The van der Waals surface area contributed by atoms with E-state index in [1.807, 2.05) is 0 Å². The molecule has 0 saturated carbocycles. The summed E-state index contributed by atoms with van der Waals surface area (Å²) in [6, 6.07) is 0.350. The average molecular weight is 214 g/mol. The van der Waals surface area contributed by atoms with Crippen LogP contribution in [0.1, 0.15) is 39.5 Å². The number of β-amino-alcohol motifs (C(OH)–C–C–N with tert-alkyl or cyclic N) is 1. The molecule has 1 rings (SSSR count). The number of nitrogens with zero attached hydrogens (tertiary/aromatic N) is 1. The van der Waals surface area contributed by atoms with E-state index in [4.69, 9.17) is 0 Å². The van der Waals surface area contributed by atoms with E-state index in [0.717, 1.165) is 26.2 Å². The van der Waals surface area contributed by atoms with Gasteiger partial charge in [0.05, 0.1) is 6.10 Å². The molecule has 0 spiro atoms. The van der Waals surface area contributed by atoms with Crippen LogP contribution in [0.15, 0.2) is 0 Å². The lowest BCUT2D eigenvalue weighted by Gasteiger charge is -2.30. The Labute approximate surface area is 93.9 Å². The van der Waals surface area contributed by atoms with Gasteiger partial charge in [-0.25, -0.2) is 0 Å². The summed E-state index contributed by atoms with van der Waals surface area (Å²) in [5, 5.41) is 13.1. The quantitative estimate of drug-likeness (QED) is 0.669. The average Bonchev–Trinajstić information content (AvgIpc) is 2.65. The van der Waals surface area contributed by atoms with E-state index < -0.39 is 0 Å². The van der Waals surface area contributed by atoms with Crippen LogP contribution in [0.25, 0.3) is 0 Å². The third-order valence-corrected chi connectivity index (χ3v) is 3.22. The summed E-state index contributed by atoms with van der Waals surface area (Å²) < 4.78 is 0. The van der Waals surface area contributed by atoms with Gasteiger partial charge < -0.3 is 10.4 Å². The van der Waals surface area contributed by atoms with Crippen LogP contribution in [0.5, 0.6) is 0 Å². The van der Waals surface area contributed by atoms with Crippen molar-refractivity contribution in [2.24, 2.45) is 0 Å². The standard InChI is InChI=1S/C12H26N2O/c1-3-5-7-14(8-6-4-2)11-9-13-10-12(11)15/h11-13,15H,3-10H2,1-2H3. The Bertz CT molecular complexity index is 156. The molecular weight excluding hydrogens is 188 g/mol. The molecule has 2 N–H and O–H groups in total. The first-order valence-corrected chi connectivity index (χ1v) is 6.42. The molecule has 0 aromatic heterocycles. The van der Waals surface area contributed by atoms with Gasteiger partial charge in [0.1, 0.15) is 0 Å². The largest absolute Gasteiger partial charge is 0.390 e. The molecule has 3 heteroatoms. The van der Waals surface area contributed by atoms with Crippen LogP contribution < -0.4 is 5.32 Å². The first-order chi connectivity index (χ1) is 7.29.